The van der Waals surface area contributed by atoms with Crippen molar-refractivity contribution in [3.05, 3.63) is 0 Å². The minimum absolute atomic E-state index is 0.0294. The first-order valence-electron chi connectivity index (χ1n) is 5.53. The number of hydrogen-bond donors (Lipinski definition) is 1. The van der Waals surface area contributed by atoms with Gasteiger partial charge in [0, 0.05) is 5.41 Å². The summed E-state index contributed by atoms with van der Waals surface area (Å²) in [5.41, 5.74) is 0.291. The monoisotopic (exact) mass is 196 g/mol. The molecule has 3 saturated carbocycles. The van der Waals surface area contributed by atoms with Crippen molar-refractivity contribution in [2.24, 2.45) is 23.2 Å². The summed E-state index contributed by atoms with van der Waals surface area (Å²) in [6, 6.07) is 0. The van der Waals surface area contributed by atoms with E-state index in [-0.39, 0.29) is 6.10 Å². The molecule has 14 heavy (non-hydrogen) atoms. The Morgan fingerprint density at radius 1 is 1.43 bits per heavy atom. The van der Waals surface area contributed by atoms with Crippen LogP contribution in [0.2, 0.25) is 0 Å². The van der Waals surface area contributed by atoms with Crippen LogP contribution in [0.4, 0.5) is 4.79 Å². The van der Waals surface area contributed by atoms with Gasteiger partial charge in [0.05, 0.1) is 0 Å². The number of ether oxygens (including phenoxy) is 1. The second-order valence-corrected chi connectivity index (χ2v) is 5.35. The summed E-state index contributed by atoms with van der Waals surface area (Å²) < 4.78 is 4.89. The largest absolute Gasteiger partial charge is 0.506 e. The topological polar surface area (TPSA) is 46.5 Å². The fraction of sp³-hybridized carbons (Fsp3) is 0.909. The Labute approximate surface area is 83.4 Å². The molecule has 0 heterocycles. The third-order valence-electron chi connectivity index (χ3n) is 4.71. The summed E-state index contributed by atoms with van der Waals surface area (Å²) in [6.07, 6.45) is 3.83. The Morgan fingerprint density at radius 2 is 2.21 bits per heavy atom. The Balaban J connectivity index is 1.69. The molecule has 3 rings (SSSR count). The van der Waals surface area contributed by atoms with Gasteiger partial charge in [0.2, 0.25) is 0 Å². The molecule has 5 unspecified atom stereocenters. The van der Waals surface area contributed by atoms with E-state index in [2.05, 4.69) is 6.92 Å². The van der Waals surface area contributed by atoms with E-state index >= 15 is 0 Å². The molecule has 3 fully saturated rings. The second kappa shape index (κ2) is 2.44. The van der Waals surface area contributed by atoms with Crippen LogP contribution >= 0.6 is 0 Å². The van der Waals surface area contributed by atoms with Gasteiger partial charge in [-0.15, -0.1) is 0 Å². The van der Waals surface area contributed by atoms with E-state index in [4.69, 9.17) is 9.84 Å². The van der Waals surface area contributed by atoms with Crippen LogP contribution < -0.4 is 0 Å². The molecular formula is C11H16O3. The predicted octanol–water partition coefficient (Wildman–Crippen LogP) is 2.51. The molecule has 1 spiro atoms. The van der Waals surface area contributed by atoms with Crippen LogP contribution in [-0.2, 0) is 4.74 Å². The van der Waals surface area contributed by atoms with Gasteiger partial charge in [-0.1, -0.05) is 13.3 Å². The molecule has 0 bridgehead atoms. The molecule has 0 radical (unpaired) electrons. The van der Waals surface area contributed by atoms with Gasteiger partial charge in [-0.05, 0) is 37.0 Å². The number of rotatable bonds is 1. The first kappa shape index (κ1) is 8.57. The van der Waals surface area contributed by atoms with Crippen molar-refractivity contribution in [1.29, 1.82) is 0 Å². The molecule has 3 aliphatic carbocycles. The lowest BCUT2D eigenvalue weighted by atomic mass is 9.61. The van der Waals surface area contributed by atoms with Crippen molar-refractivity contribution in [3.63, 3.8) is 0 Å². The lowest BCUT2D eigenvalue weighted by Crippen LogP contribution is -2.40. The molecule has 0 aromatic heterocycles. The summed E-state index contributed by atoms with van der Waals surface area (Å²) in [5, 5.41) is 8.56. The van der Waals surface area contributed by atoms with Crippen molar-refractivity contribution in [2.75, 3.05) is 0 Å². The standard InChI is InChI=1S/C11H16O3/c1-6-2-3-7-4-11(9(6)7)5-8(11)14-10(12)13/h6-9H,2-5H2,1H3,(H,12,13). The first-order valence-corrected chi connectivity index (χ1v) is 5.53. The lowest BCUT2D eigenvalue weighted by Gasteiger charge is -2.44. The maximum atomic E-state index is 10.4. The van der Waals surface area contributed by atoms with Gasteiger partial charge in [0.25, 0.3) is 0 Å². The SMILES string of the molecule is CC1CCC2CC3(CC3OC(=O)O)C12. The van der Waals surface area contributed by atoms with Crippen molar-refractivity contribution < 1.29 is 14.6 Å². The van der Waals surface area contributed by atoms with Crippen molar-refractivity contribution >= 4 is 6.16 Å². The molecule has 3 aliphatic rings. The van der Waals surface area contributed by atoms with E-state index in [0.29, 0.717) is 5.41 Å². The summed E-state index contributed by atoms with van der Waals surface area (Å²) in [5.74, 6) is 2.44. The van der Waals surface area contributed by atoms with E-state index in [0.717, 1.165) is 24.2 Å². The van der Waals surface area contributed by atoms with E-state index in [1.165, 1.54) is 19.3 Å². The molecule has 0 aromatic rings. The zero-order valence-electron chi connectivity index (χ0n) is 8.40. The molecule has 3 heteroatoms. The smallest absolute Gasteiger partial charge is 0.450 e. The van der Waals surface area contributed by atoms with Gasteiger partial charge < -0.3 is 9.84 Å². The average Bonchev–Trinajstić information content (AvgIpc) is 2.65. The Hall–Kier alpha value is -0.730. The van der Waals surface area contributed by atoms with Gasteiger partial charge >= 0.3 is 6.16 Å². The number of fused-ring (bicyclic) bond motifs is 2. The highest BCUT2D eigenvalue weighted by molar-refractivity contribution is 5.58. The van der Waals surface area contributed by atoms with Crippen LogP contribution in [0.15, 0.2) is 0 Å². The molecule has 0 aliphatic heterocycles. The third kappa shape index (κ3) is 0.904. The zero-order chi connectivity index (χ0) is 9.92. The molecule has 0 saturated heterocycles. The van der Waals surface area contributed by atoms with E-state index in [1.807, 2.05) is 0 Å². The average molecular weight is 196 g/mol. The Morgan fingerprint density at radius 3 is 2.86 bits per heavy atom. The zero-order valence-corrected chi connectivity index (χ0v) is 8.40. The number of carbonyl (C=O) groups is 1. The molecule has 3 nitrogen and oxygen atoms in total. The van der Waals surface area contributed by atoms with Gasteiger partial charge in [-0.25, -0.2) is 4.79 Å². The van der Waals surface area contributed by atoms with Crippen LogP contribution in [0.25, 0.3) is 0 Å². The van der Waals surface area contributed by atoms with Gasteiger partial charge in [-0.2, -0.15) is 0 Å². The quantitative estimate of drug-likeness (QED) is 0.655. The molecular weight excluding hydrogens is 180 g/mol. The van der Waals surface area contributed by atoms with E-state index < -0.39 is 6.16 Å². The maximum absolute atomic E-state index is 10.4. The minimum Gasteiger partial charge on any atom is -0.450 e. The van der Waals surface area contributed by atoms with E-state index in [9.17, 15) is 4.79 Å². The van der Waals surface area contributed by atoms with Crippen molar-refractivity contribution in [2.45, 2.75) is 38.7 Å². The number of carboxylic acid groups (broad SMARTS) is 1. The predicted molar refractivity (Wildman–Crippen MR) is 49.9 cm³/mol. The van der Waals surface area contributed by atoms with Gasteiger partial charge in [0.1, 0.15) is 6.10 Å². The molecule has 78 valence electrons. The highest BCUT2D eigenvalue weighted by Gasteiger charge is 2.72. The first-order chi connectivity index (χ1) is 6.63. The third-order valence-corrected chi connectivity index (χ3v) is 4.71. The van der Waals surface area contributed by atoms with Crippen LogP contribution in [-0.4, -0.2) is 17.4 Å². The Kier molecular flexibility index (Phi) is 1.49. The summed E-state index contributed by atoms with van der Waals surface area (Å²) in [7, 11) is 0. The molecule has 0 amide bonds. The fourth-order valence-electron chi connectivity index (χ4n) is 4.16. The van der Waals surface area contributed by atoms with Crippen LogP contribution in [0.1, 0.15) is 32.6 Å². The normalized spacial score (nSPS) is 53.8. The molecule has 1 N–H and O–H groups in total. The van der Waals surface area contributed by atoms with Gasteiger partial charge in [-0.3, -0.25) is 0 Å². The summed E-state index contributed by atoms with van der Waals surface area (Å²) >= 11 is 0. The van der Waals surface area contributed by atoms with Crippen LogP contribution in [0.5, 0.6) is 0 Å². The number of hydrogen-bond acceptors (Lipinski definition) is 2. The maximum Gasteiger partial charge on any atom is 0.506 e. The summed E-state index contributed by atoms with van der Waals surface area (Å²) in [4.78, 5) is 10.4. The lowest BCUT2D eigenvalue weighted by molar-refractivity contribution is -0.00819. The van der Waals surface area contributed by atoms with Crippen molar-refractivity contribution in [1.82, 2.24) is 0 Å². The van der Waals surface area contributed by atoms with Crippen LogP contribution in [0.3, 0.4) is 0 Å². The fourth-order valence-corrected chi connectivity index (χ4v) is 4.16. The van der Waals surface area contributed by atoms with Crippen LogP contribution in [0, 0.1) is 23.2 Å². The highest BCUT2D eigenvalue weighted by atomic mass is 16.7. The minimum atomic E-state index is -1.10. The van der Waals surface area contributed by atoms with Crippen molar-refractivity contribution in [3.8, 4) is 0 Å². The molecule has 0 aromatic carbocycles. The van der Waals surface area contributed by atoms with E-state index in [1.54, 1.807) is 0 Å². The molecule has 5 atom stereocenters. The Bertz CT molecular complexity index is 282. The highest BCUT2D eigenvalue weighted by Crippen LogP contribution is 2.73. The van der Waals surface area contributed by atoms with Gasteiger partial charge in [0.15, 0.2) is 0 Å². The second-order valence-electron chi connectivity index (χ2n) is 5.35. The summed E-state index contributed by atoms with van der Waals surface area (Å²) in [6.45, 7) is 2.31.